The van der Waals surface area contributed by atoms with Gasteiger partial charge >= 0.3 is 0 Å². The van der Waals surface area contributed by atoms with Gasteiger partial charge in [-0.05, 0) is 32.4 Å². The Kier molecular flexibility index (Phi) is 4.84. The quantitative estimate of drug-likeness (QED) is 0.776. The van der Waals surface area contributed by atoms with E-state index in [0.717, 1.165) is 6.42 Å². The van der Waals surface area contributed by atoms with Crippen LogP contribution in [-0.4, -0.2) is 22.5 Å². The van der Waals surface area contributed by atoms with E-state index in [9.17, 15) is 0 Å². The van der Waals surface area contributed by atoms with Crippen LogP contribution in [0.25, 0.3) is 0 Å². The van der Waals surface area contributed by atoms with Gasteiger partial charge in [-0.25, -0.2) is 0 Å². The number of rotatable bonds is 5. The first kappa shape index (κ1) is 13.6. The molecule has 16 heavy (non-hydrogen) atoms. The molecule has 0 fully saturated rings. The van der Waals surface area contributed by atoms with Crippen molar-refractivity contribution in [3.05, 3.63) is 29.8 Å². The van der Waals surface area contributed by atoms with Crippen LogP contribution in [0.15, 0.2) is 29.2 Å². The lowest BCUT2D eigenvalue weighted by Gasteiger charge is -2.25. The summed E-state index contributed by atoms with van der Waals surface area (Å²) in [6.07, 6.45) is 0.808. The van der Waals surface area contributed by atoms with Crippen LogP contribution >= 0.6 is 11.8 Å². The third-order valence-corrected chi connectivity index (χ3v) is 3.59. The van der Waals surface area contributed by atoms with E-state index in [1.807, 2.05) is 6.92 Å². The van der Waals surface area contributed by atoms with Crippen molar-refractivity contribution in [2.75, 3.05) is 6.61 Å². The fraction of sp³-hybridized carbons (Fsp3) is 0.538. The van der Waals surface area contributed by atoms with Crippen molar-refractivity contribution in [1.29, 1.82) is 0 Å². The molecule has 0 saturated heterocycles. The Bertz CT molecular complexity index is 321. The van der Waals surface area contributed by atoms with Crippen molar-refractivity contribution in [3.63, 3.8) is 0 Å². The van der Waals surface area contributed by atoms with Gasteiger partial charge in [0.1, 0.15) is 0 Å². The zero-order chi connectivity index (χ0) is 12.2. The van der Waals surface area contributed by atoms with E-state index in [1.165, 1.54) is 10.5 Å². The van der Waals surface area contributed by atoms with Gasteiger partial charge in [-0.1, -0.05) is 24.6 Å². The first-order valence-corrected chi connectivity index (χ1v) is 6.44. The summed E-state index contributed by atoms with van der Waals surface area (Å²) in [6.45, 7) is 6.15. The van der Waals surface area contributed by atoms with Crippen LogP contribution in [0.4, 0.5) is 0 Å². The molecule has 3 heteroatoms. The molecule has 2 unspecified atom stereocenters. The third kappa shape index (κ3) is 4.56. The zero-order valence-corrected chi connectivity index (χ0v) is 11.1. The van der Waals surface area contributed by atoms with Gasteiger partial charge in [-0.2, -0.15) is 0 Å². The molecule has 0 spiro atoms. The van der Waals surface area contributed by atoms with Crippen LogP contribution < -0.4 is 5.73 Å². The topological polar surface area (TPSA) is 46.2 Å². The Morgan fingerprint density at radius 1 is 1.38 bits per heavy atom. The van der Waals surface area contributed by atoms with E-state index >= 15 is 0 Å². The fourth-order valence-corrected chi connectivity index (χ4v) is 2.83. The molecular formula is C13H21NOS. The highest BCUT2D eigenvalue weighted by Crippen LogP contribution is 2.27. The number of nitrogens with two attached hydrogens (primary N) is 1. The van der Waals surface area contributed by atoms with Gasteiger partial charge in [0.2, 0.25) is 0 Å². The average molecular weight is 239 g/mol. The molecule has 0 aromatic heterocycles. The summed E-state index contributed by atoms with van der Waals surface area (Å²) < 4.78 is 0. The van der Waals surface area contributed by atoms with Crippen molar-refractivity contribution >= 4 is 11.8 Å². The van der Waals surface area contributed by atoms with E-state index in [4.69, 9.17) is 10.8 Å². The standard InChI is InChI=1S/C13H21NOS/c1-10-4-6-12(7-5-10)16-11(2)8-13(3,14)9-15/h4-7,11,15H,8-9,14H2,1-3H3. The van der Waals surface area contributed by atoms with Crippen molar-refractivity contribution in [2.45, 2.75) is 42.9 Å². The number of benzene rings is 1. The van der Waals surface area contributed by atoms with Gasteiger partial charge in [0.05, 0.1) is 6.61 Å². The Labute approximate surface area is 102 Å². The smallest absolute Gasteiger partial charge is 0.0608 e. The zero-order valence-electron chi connectivity index (χ0n) is 10.2. The summed E-state index contributed by atoms with van der Waals surface area (Å²) in [7, 11) is 0. The summed E-state index contributed by atoms with van der Waals surface area (Å²) >= 11 is 1.80. The molecule has 1 aromatic rings. The molecule has 2 nitrogen and oxygen atoms in total. The molecule has 3 N–H and O–H groups in total. The van der Waals surface area contributed by atoms with Gasteiger partial charge in [0.25, 0.3) is 0 Å². The van der Waals surface area contributed by atoms with E-state index in [2.05, 4.69) is 38.1 Å². The predicted octanol–water partition coefficient (Wildman–Crippen LogP) is 2.58. The minimum absolute atomic E-state index is 0.0335. The first-order valence-electron chi connectivity index (χ1n) is 5.56. The third-order valence-electron chi connectivity index (χ3n) is 2.47. The lowest BCUT2D eigenvalue weighted by Crippen LogP contribution is -2.42. The van der Waals surface area contributed by atoms with Gasteiger partial charge in [0.15, 0.2) is 0 Å². The number of hydrogen-bond donors (Lipinski definition) is 2. The molecule has 0 aliphatic heterocycles. The van der Waals surface area contributed by atoms with Crippen molar-refractivity contribution in [3.8, 4) is 0 Å². The number of thioether (sulfide) groups is 1. The molecule has 90 valence electrons. The maximum absolute atomic E-state index is 9.11. The van der Waals surface area contributed by atoms with Crippen LogP contribution in [0, 0.1) is 6.92 Å². The summed E-state index contributed by atoms with van der Waals surface area (Å²) in [6, 6.07) is 8.48. The van der Waals surface area contributed by atoms with Crippen LogP contribution in [0.2, 0.25) is 0 Å². The van der Waals surface area contributed by atoms with Crippen LogP contribution in [0.3, 0.4) is 0 Å². The highest BCUT2D eigenvalue weighted by atomic mass is 32.2. The number of aliphatic hydroxyl groups is 1. The fourth-order valence-electron chi connectivity index (χ4n) is 1.61. The molecule has 0 amide bonds. The largest absolute Gasteiger partial charge is 0.394 e. The summed E-state index contributed by atoms with van der Waals surface area (Å²) in [4.78, 5) is 1.26. The molecular weight excluding hydrogens is 218 g/mol. The van der Waals surface area contributed by atoms with Crippen LogP contribution in [0.1, 0.15) is 25.8 Å². The maximum Gasteiger partial charge on any atom is 0.0608 e. The van der Waals surface area contributed by atoms with E-state index < -0.39 is 5.54 Å². The maximum atomic E-state index is 9.11. The Hall–Kier alpha value is -0.510. The van der Waals surface area contributed by atoms with Crippen molar-refractivity contribution in [2.24, 2.45) is 5.73 Å². The minimum atomic E-state index is -0.475. The first-order chi connectivity index (χ1) is 7.43. The monoisotopic (exact) mass is 239 g/mol. The molecule has 0 saturated carbocycles. The number of aliphatic hydroxyl groups excluding tert-OH is 1. The number of aryl methyl sites for hydroxylation is 1. The average Bonchev–Trinajstić information content (AvgIpc) is 2.21. The van der Waals surface area contributed by atoms with E-state index in [-0.39, 0.29) is 6.61 Å². The molecule has 0 aliphatic rings. The highest BCUT2D eigenvalue weighted by molar-refractivity contribution is 7.99. The van der Waals surface area contributed by atoms with Crippen molar-refractivity contribution < 1.29 is 5.11 Å². The van der Waals surface area contributed by atoms with Crippen molar-refractivity contribution in [1.82, 2.24) is 0 Å². The number of hydrogen-bond acceptors (Lipinski definition) is 3. The Morgan fingerprint density at radius 2 is 1.94 bits per heavy atom. The van der Waals surface area contributed by atoms with Crippen LogP contribution in [0.5, 0.6) is 0 Å². The lowest BCUT2D eigenvalue weighted by molar-refractivity contribution is 0.201. The normalized spacial score (nSPS) is 16.8. The summed E-state index contributed by atoms with van der Waals surface area (Å²) in [5.74, 6) is 0. The van der Waals surface area contributed by atoms with Gasteiger partial charge in [0, 0.05) is 15.7 Å². The predicted molar refractivity (Wildman–Crippen MR) is 70.8 cm³/mol. The Morgan fingerprint density at radius 3 is 2.44 bits per heavy atom. The second-order valence-electron chi connectivity index (χ2n) is 4.76. The molecule has 2 atom stereocenters. The lowest BCUT2D eigenvalue weighted by atomic mass is 9.99. The Balaban J connectivity index is 2.51. The second kappa shape index (κ2) is 5.71. The van der Waals surface area contributed by atoms with Gasteiger partial charge in [-0.3, -0.25) is 0 Å². The summed E-state index contributed by atoms with van der Waals surface area (Å²) in [5.41, 5.74) is 6.73. The second-order valence-corrected chi connectivity index (χ2v) is 6.27. The van der Waals surface area contributed by atoms with Crippen LogP contribution in [-0.2, 0) is 0 Å². The molecule has 0 bridgehead atoms. The SMILES string of the molecule is Cc1ccc(SC(C)CC(C)(N)CO)cc1. The van der Waals surface area contributed by atoms with Gasteiger partial charge < -0.3 is 10.8 Å². The van der Waals surface area contributed by atoms with Gasteiger partial charge in [-0.15, -0.1) is 11.8 Å². The molecule has 1 rings (SSSR count). The molecule has 0 aliphatic carbocycles. The van der Waals surface area contributed by atoms with E-state index in [0.29, 0.717) is 5.25 Å². The van der Waals surface area contributed by atoms with E-state index in [1.54, 1.807) is 11.8 Å². The summed E-state index contributed by atoms with van der Waals surface area (Å²) in [5, 5.41) is 9.52. The highest BCUT2D eigenvalue weighted by Gasteiger charge is 2.20. The molecule has 0 heterocycles. The minimum Gasteiger partial charge on any atom is -0.394 e. The molecule has 1 aromatic carbocycles. The molecule has 0 radical (unpaired) electrons.